The van der Waals surface area contributed by atoms with Gasteiger partial charge >= 0.3 is 66.0 Å². The van der Waals surface area contributed by atoms with Crippen molar-refractivity contribution in [2.24, 2.45) is 0 Å². The molecule has 0 unspecified atom stereocenters. The van der Waals surface area contributed by atoms with Crippen LogP contribution in [0, 0.1) is 0 Å². The molecule has 0 spiro atoms. The van der Waals surface area contributed by atoms with E-state index in [1.165, 1.54) is 28.6 Å². The van der Waals surface area contributed by atoms with Crippen LogP contribution in [-0.2, 0) is 0 Å². The van der Waals surface area contributed by atoms with Crippen LogP contribution < -0.4 is 0 Å². The van der Waals surface area contributed by atoms with Gasteiger partial charge in [0.05, 0.1) is 0 Å². The van der Waals surface area contributed by atoms with E-state index in [1.54, 1.807) is 0 Å². The summed E-state index contributed by atoms with van der Waals surface area (Å²) >= 11 is 1.29. The Kier molecular flexibility index (Phi) is 8.08. The second kappa shape index (κ2) is 6.48. The van der Waals surface area contributed by atoms with Crippen molar-refractivity contribution in [3.63, 3.8) is 0 Å². The van der Waals surface area contributed by atoms with E-state index >= 15 is 0 Å². The Morgan fingerprint density at radius 2 is 2.50 bits per heavy atom. The third kappa shape index (κ3) is 5.48. The van der Waals surface area contributed by atoms with Crippen LogP contribution in [-0.4, -0.2) is 47.3 Å². The van der Waals surface area contributed by atoms with Crippen LogP contribution in [0.5, 0.6) is 0 Å². The molecule has 0 aliphatic carbocycles. The normalized spacial score (nSPS) is 9.50. The van der Waals surface area contributed by atoms with Crippen LogP contribution in [0.2, 0.25) is 8.86 Å². The summed E-state index contributed by atoms with van der Waals surface area (Å²) in [5, 5.41) is 0. The molecule has 0 atom stereocenters. The zero-order chi connectivity index (χ0) is 4.83. The van der Waals surface area contributed by atoms with E-state index < -0.39 is 0 Å². The molecule has 0 aromatic carbocycles. The predicted octanol–water partition coefficient (Wildman–Crippen LogP) is 0.839. The van der Waals surface area contributed by atoms with Gasteiger partial charge in [-0.25, -0.2) is 0 Å². The summed E-state index contributed by atoms with van der Waals surface area (Å²) in [7, 11) is 0. The van der Waals surface area contributed by atoms with Crippen LogP contribution in [0.4, 0.5) is 0 Å². The fraction of sp³-hybridized carbons (Fsp3) is 0.500. The van der Waals surface area contributed by atoms with Crippen molar-refractivity contribution in [2.45, 2.75) is 8.86 Å². The molecule has 3 radical (unpaired) electrons. The minimum absolute atomic E-state index is 0.0133. The molecule has 2 heteroatoms. The molecule has 0 heterocycles. The van der Waals surface area contributed by atoms with Crippen LogP contribution >= 0.6 is 0 Å². The quantitative estimate of drug-likeness (QED) is 0.705. The molecule has 0 saturated carbocycles. The van der Waals surface area contributed by atoms with Crippen molar-refractivity contribution in [1.29, 1.82) is 0 Å². The molecule has 0 aliphatic heterocycles. The Hall–Kier alpha value is 1.48. The first-order valence-electron chi connectivity index (χ1n) is 2.06. The van der Waals surface area contributed by atoms with E-state index in [1.807, 2.05) is 0 Å². The molecular weight excluding hydrogens is 278 g/mol. The first-order valence-corrected chi connectivity index (χ1v) is 9.59. The van der Waals surface area contributed by atoms with Gasteiger partial charge in [-0.15, -0.1) is 0 Å². The van der Waals surface area contributed by atoms with Gasteiger partial charge in [0.25, 0.3) is 0 Å². The Morgan fingerprint density at radius 1 is 1.83 bits per heavy atom. The molecule has 0 N–H and O–H groups in total. The van der Waals surface area contributed by atoms with E-state index in [9.17, 15) is 0 Å². The van der Waals surface area contributed by atoms with Crippen molar-refractivity contribution in [1.82, 2.24) is 0 Å². The zero-order valence-corrected chi connectivity index (χ0v) is 10.6. The second-order valence-corrected chi connectivity index (χ2v) is 5.85. The molecule has 0 aromatic heterocycles. The average molecular weight is 285 g/mol. The fourth-order valence-electron chi connectivity index (χ4n) is 0.215. The number of hydrogen-bond donors (Lipinski definition) is 0. The maximum atomic E-state index is 2.38. The molecule has 0 bridgehead atoms. The molecule has 0 saturated heterocycles. The van der Waals surface area contributed by atoms with Crippen molar-refractivity contribution >= 4 is 47.3 Å². The summed E-state index contributed by atoms with van der Waals surface area (Å²) in [6, 6.07) is 0. The van der Waals surface area contributed by atoms with E-state index in [2.05, 4.69) is 14.6 Å². The number of allylic oxidation sites excluding steroid dienone is 1. The van der Waals surface area contributed by atoms with Crippen LogP contribution in [0.1, 0.15) is 0 Å². The number of rotatable bonds is 2. The summed E-state index contributed by atoms with van der Waals surface area (Å²) in [6.45, 7) is 0. The summed E-state index contributed by atoms with van der Waals surface area (Å²) in [6.07, 6.45) is 2.32. The van der Waals surface area contributed by atoms with Gasteiger partial charge < -0.3 is 0 Å². The molecule has 0 aliphatic rings. The van der Waals surface area contributed by atoms with Crippen molar-refractivity contribution < 1.29 is 0 Å². The molecular formula is C4H7In2. The van der Waals surface area contributed by atoms with E-state index in [0.717, 1.165) is 0 Å². The van der Waals surface area contributed by atoms with Crippen molar-refractivity contribution in [3.8, 4) is 0 Å². The monoisotopic (exact) mass is 285 g/mol. The molecule has 0 aromatic rings. The standard InChI is InChI=1S/C3H4.CH3.2In/c1-3-2;;;/h1,3H,2H2;1H3;;. The Labute approximate surface area is 65.3 Å². The first kappa shape index (κ1) is 7.48. The Morgan fingerprint density at radius 3 is 2.67 bits per heavy atom. The summed E-state index contributed by atoms with van der Waals surface area (Å²) in [5.41, 5.74) is 0. The third-order valence-corrected chi connectivity index (χ3v) is 3.41. The molecule has 0 rings (SSSR count). The van der Waals surface area contributed by atoms with Gasteiger partial charge in [-0.3, -0.25) is 0 Å². The van der Waals surface area contributed by atoms with E-state index in [4.69, 9.17) is 0 Å². The van der Waals surface area contributed by atoms with Gasteiger partial charge in [0.15, 0.2) is 0 Å². The minimum atomic E-state index is -0.0133. The second-order valence-electron chi connectivity index (χ2n) is 1.07. The first-order chi connectivity index (χ1) is 2.91. The predicted molar refractivity (Wildman–Crippen MR) is 31.3 cm³/mol. The third-order valence-electron chi connectivity index (χ3n) is 0.508. The SMILES string of the molecule is [CH3][In][CH2]/C=[CH]\[In]. The van der Waals surface area contributed by atoms with Gasteiger partial charge in [0, 0.05) is 0 Å². The summed E-state index contributed by atoms with van der Waals surface area (Å²) in [5.74, 6) is 0. The van der Waals surface area contributed by atoms with Crippen LogP contribution in [0.25, 0.3) is 0 Å². The van der Waals surface area contributed by atoms with Gasteiger partial charge in [-0.2, -0.15) is 0 Å². The van der Waals surface area contributed by atoms with Gasteiger partial charge in [0.2, 0.25) is 0 Å². The Bertz CT molecular complexity index is 40.8. The fourth-order valence-corrected chi connectivity index (χ4v) is 4.45. The Balaban J connectivity index is 2.66. The number of hydrogen-bond acceptors (Lipinski definition) is 0. The molecule has 29 valence electrons. The average Bonchev–Trinajstić information content (AvgIpc) is 1.61. The van der Waals surface area contributed by atoms with Gasteiger partial charge in [-0.05, 0) is 0 Å². The van der Waals surface area contributed by atoms with E-state index in [0.29, 0.717) is 0 Å². The van der Waals surface area contributed by atoms with Gasteiger partial charge in [-0.1, -0.05) is 0 Å². The molecule has 0 amide bonds. The zero-order valence-electron chi connectivity index (χ0n) is 4.02. The molecule has 0 fully saturated rings. The topological polar surface area (TPSA) is 0 Å². The van der Waals surface area contributed by atoms with Crippen molar-refractivity contribution in [2.75, 3.05) is 0 Å². The maximum absolute atomic E-state index is 2.38. The van der Waals surface area contributed by atoms with Crippen LogP contribution in [0.15, 0.2) is 9.91 Å². The summed E-state index contributed by atoms with van der Waals surface area (Å²) < 4.78 is 6.10. The van der Waals surface area contributed by atoms with Crippen molar-refractivity contribution in [3.05, 3.63) is 9.91 Å². The molecule has 0 nitrogen and oxygen atoms in total. The molecule has 6 heavy (non-hydrogen) atoms. The van der Waals surface area contributed by atoms with E-state index in [-0.39, 0.29) is 22.9 Å². The van der Waals surface area contributed by atoms with Crippen LogP contribution in [0.3, 0.4) is 0 Å². The van der Waals surface area contributed by atoms with Gasteiger partial charge in [0.1, 0.15) is 0 Å². The summed E-state index contributed by atoms with van der Waals surface area (Å²) in [4.78, 5) is 0.